The molecule has 9 atom stereocenters. The molecule has 0 saturated carbocycles. The molecule has 0 bridgehead atoms. The maximum absolute atomic E-state index is 13.2. The van der Waals surface area contributed by atoms with Crippen LogP contribution in [0.15, 0.2) is 18.2 Å². The van der Waals surface area contributed by atoms with Gasteiger partial charge in [-0.05, 0) is 41.5 Å². The molecular weight excluding hydrogens is 1070 g/mol. The zero-order chi connectivity index (χ0) is 49.3. The van der Waals surface area contributed by atoms with Crippen molar-refractivity contribution in [3.8, 4) is 17.2 Å². The fourth-order valence-corrected chi connectivity index (χ4v) is 15.8. The molecule has 1 aromatic rings. The van der Waals surface area contributed by atoms with Gasteiger partial charge >= 0.3 is 154 Å². The molecule has 7 rings (SSSR count). The number of carboxylic acids is 3. The minimum atomic E-state index is -4.38. The monoisotopic (exact) mass is 1100 g/mol. The molecule has 0 aromatic heterocycles. The second-order valence-corrected chi connectivity index (χ2v) is 25.5. The zero-order valence-electron chi connectivity index (χ0n) is 38.2. The summed E-state index contributed by atoms with van der Waals surface area (Å²) in [5.74, 6) is -12.9. The molecule has 6 aliphatic rings. The van der Waals surface area contributed by atoms with Crippen LogP contribution in [0.2, 0.25) is 0 Å². The van der Waals surface area contributed by atoms with Crippen LogP contribution >= 0.6 is 0 Å². The average molecular weight is 1110 g/mol. The van der Waals surface area contributed by atoms with Gasteiger partial charge in [0.15, 0.2) is 65.5 Å². The van der Waals surface area contributed by atoms with Gasteiger partial charge in [0.2, 0.25) is 17.7 Å². The van der Waals surface area contributed by atoms with Crippen LogP contribution in [0, 0.1) is 0 Å². The van der Waals surface area contributed by atoms with E-state index >= 15 is 0 Å². The van der Waals surface area contributed by atoms with Gasteiger partial charge in [-0.15, -0.1) is 0 Å². The third-order valence-electron chi connectivity index (χ3n) is 12.8. The first-order valence-corrected chi connectivity index (χ1v) is 24.1. The Balaban J connectivity index is 0.00000346. The van der Waals surface area contributed by atoms with Gasteiger partial charge in [0, 0.05) is 18.2 Å². The maximum atomic E-state index is 13.2. The normalized spacial score (nSPS) is 30.3. The van der Waals surface area contributed by atoms with Gasteiger partial charge in [0.25, 0.3) is 17.7 Å². The molecule has 1 aromatic carbocycles. The fourth-order valence-electron chi connectivity index (χ4n) is 9.15. The van der Waals surface area contributed by atoms with Crippen LogP contribution in [0.5, 0.6) is 17.2 Å². The van der Waals surface area contributed by atoms with Crippen molar-refractivity contribution in [2.24, 2.45) is 0 Å². The fraction of sp³-hybridized carbons (Fsp3) is 0.583. The summed E-state index contributed by atoms with van der Waals surface area (Å²) in [5, 5.41) is 36.6. The molecular formula is C36H39K3N6O21S3. The van der Waals surface area contributed by atoms with E-state index in [1.807, 2.05) is 0 Å². The van der Waals surface area contributed by atoms with Crippen LogP contribution in [0.3, 0.4) is 0 Å². The largest absolute Gasteiger partial charge is 1.00 e. The third kappa shape index (κ3) is 9.33. The topological polar surface area (TPSA) is 399 Å². The predicted molar refractivity (Wildman–Crippen MR) is 206 cm³/mol. The molecule has 0 aliphatic carbocycles. The molecule has 360 valence electrons. The first kappa shape index (κ1) is 60.2. The van der Waals surface area contributed by atoms with Crippen molar-refractivity contribution in [2.75, 3.05) is 19.8 Å². The molecule has 27 nitrogen and oxygen atoms in total. The Morgan fingerprint density at radius 3 is 0.870 bits per heavy atom. The van der Waals surface area contributed by atoms with Crippen molar-refractivity contribution >= 4 is 82.9 Å². The first-order chi connectivity index (χ1) is 30.3. The third-order valence-corrected chi connectivity index (χ3v) is 21.3. The number of β-lactam (4-membered cyclic amide) rings is 3. The van der Waals surface area contributed by atoms with Crippen LogP contribution in [0.1, 0.15) is 41.5 Å². The molecule has 33 heteroatoms. The number of nitrogens with one attached hydrogen (secondary N) is 3. The summed E-state index contributed by atoms with van der Waals surface area (Å²) >= 11 is 0. The van der Waals surface area contributed by atoms with E-state index in [0.29, 0.717) is 14.7 Å². The summed E-state index contributed by atoms with van der Waals surface area (Å²) in [5.41, 5.74) is 0. The van der Waals surface area contributed by atoms with Gasteiger partial charge in [-0.3, -0.25) is 28.8 Å². The van der Waals surface area contributed by atoms with Crippen LogP contribution in [0.4, 0.5) is 0 Å². The van der Waals surface area contributed by atoms with E-state index in [-0.39, 0.29) is 171 Å². The molecule has 0 radical (unpaired) electrons. The van der Waals surface area contributed by atoms with E-state index in [4.69, 9.17) is 14.2 Å². The molecule has 69 heavy (non-hydrogen) atoms. The number of hydrogen-bond donors (Lipinski definition) is 3. The smallest absolute Gasteiger partial charge is 0.548 e. The van der Waals surface area contributed by atoms with Gasteiger partial charge in [0.1, 0.15) is 35.4 Å². The standard InChI is InChI=1S/C36H42N6O21S3.3K/c1-34(2)22(31(49)50)40-25(46)19(28(40)64(34,55)56)37-16(43)10-61-13-7-14(62-11-17(44)38-20-26(47)41-23(32(51)52)35(3,4)65(57,58)29(20)41)9-15(8-13)63-12-18(45)39-21-27(48)42-24(33(53)54)36(5,6)66(59,60)30(21)42;;;/h7-9,19-24,28-30H,10-12H2,1-6H3,(H,37,43)(H,38,44)(H,39,45)(H,49,50)(H,51,52)(H,53,54);;;/q;3*+1/p-3/t19-,20-,21-,22?,23?,24?,28-,29-,30-;;;/m1.../s1. The minimum Gasteiger partial charge on any atom is -0.548 e. The van der Waals surface area contributed by atoms with Crippen molar-refractivity contribution in [3.63, 3.8) is 0 Å². The quantitative estimate of drug-likeness (QED) is 0.108. The van der Waals surface area contributed by atoms with Gasteiger partial charge in [-0.2, -0.15) is 0 Å². The summed E-state index contributed by atoms with van der Waals surface area (Å²) in [6.07, 6.45) is 0. The van der Waals surface area contributed by atoms with Crippen LogP contribution in [-0.4, -0.2) is 180 Å². The number of rotatable bonds is 15. The maximum Gasteiger partial charge on any atom is 1.00 e. The Hall–Kier alpha value is -1.39. The Morgan fingerprint density at radius 1 is 0.478 bits per heavy atom. The zero-order valence-corrected chi connectivity index (χ0v) is 50.0. The van der Waals surface area contributed by atoms with E-state index in [1.54, 1.807) is 0 Å². The van der Waals surface area contributed by atoms with Crippen molar-refractivity contribution in [2.45, 2.75) is 108 Å². The molecule has 6 aliphatic heterocycles. The Kier molecular flexibility index (Phi) is 17.8. The number of carbonyl (C=O) groups excluding carboxylic acids is 9. The van der Waals surface area contributed by atoms with E-state index < -0.39 is 169 Å². The Morgan fingerprint density at radius 2 is 0.681 bits per heavy atom. The van der Waals surface area contributed by atoms with E-state index in [9.17, 15) is 83.7 Å². The molecule has 6 fully saturated rings. The number of carboxylic acid groups (broad SMARTS) is 3. The van der Waals surface area contributed by atoms with Crippen molar-refractivity contribution in [1.82, 2.24) is 30.7 Å². The van der Waals surface area contributed by atoms with Gasteiger partial charge in [0.05, 0.1) is 50.3 Å². The molecule has 6 heterocycles. The molecule has 6 saturated heterocycles. The predicted octanol–water partition coefficient (Wildman–Crippen LogP) is -18.2. The van der Waals surface area contributed by atoms with Crippen molar-refractivity contribution in [3.05, 3.63) is 18.2 Å². The number of aliphatic carboxylic acids is 3. The summed E-state index contributed by atoms with van der Waals surface area (Å²) in [6, 6.07) is -7.54. The summed E-state index contributed by atoms with van der Waals surface area (Å²) in [7, 11) is -13.1. The number of hydrogen-bond acceptors (Lipinski definition) is 21. The molecule has 3 unspecified atom stereocenters. The van der Waals surface area contributed by atoms with E-state index in [0.717, 1.165) is 59.7 Å². The number of ether oxygens (including phenoxy) is 3. The van der Waals surface area contributed by atoms with Gasteiger partial charge < -0.3 is 74.6 Å². The number of carbonyl (C=O) groups is 9. The molecule has 0 spiro atoms. The molecule has 6 amide bonds. The van der Waals surface area contributed by atoms with Crippen LogP contribution in [0.25, 0.3) is 0 Å². The first-order valence-electron chi connectivity index (χ1n) is 19.5. The van der Waals surface area contributed by atoms with Gasteiger partial charge in [-0.25, -0.2) is 25.3 Å². The average Bonchev–Trinajstić information content (AvgIpc) is 3.54. The second kappa shape index (κ2) is 20.4. The Labute approximate surface area is 520 Å². The van der Waals surface area contributed by atoms with Gasteiger partial charge in [-0.1, -0.05) is 0 Å². The van der Waals surface area contributed by atoms with Crippen molar-refractivity contribution < 1.29 is 252 Å². The van der Waals surface area contributed by atoms with Crippen LogP contribution < -0.4 is 200 Å². The minimum absolute atomic E-state index is 0. The summed E-state index contributed by atoms with van der Waals surface area (Å²) in [6.45, 7) is 3.62. The number of amides is 6. The van der Waals surface area contributed by atoms with Crippen LogP contribution in [-0.2, 0) is 72.7 Å². The summed E-state index contributed by atoms with van der Waals surface area (Å²) in [4.78, 5) is 115. The van der Waals surface area contributed by atoms with Crippen molar-refractivity contribution in [1.29, 1.82) is 0 Å². The van der Waals surface area contributed by atoms with E-state index in [1.165, 1.54) is 0 Å². The second-order valence-electron chi connectivity index (χ2n) is 17.7. The SMILES string of the molecule is CC1(C)C(C(=O)[O-])N2C(=O)[C@@H](NC(=O)COc3cc(OCC(=O)N[C@@H]4C(=O)N5C(C(=O)[O-])C(C)(C)S(=O)(=O)[C@H]45)cc(OCC(=O)N[C@@H]4C(=O)N5C(C(=O)[O-])C(C)(C)S(=O)(=O)[C@H]45)c3)[C@H]2S1(=O)=O.[K+].[K+].[K+]. The Bertz CT molecular complexity index is 2490. The number of benzene rings is 1. The number of nitrogens with zero attached hydrogens (tertiary/aromatic N) is 3. The summed E-state index contributed by atoms with van der Waals surface area (Å²) < 4.78 is 89.6. The van der Waals surface area contributed by atoms with E-state index in [2.05, 4.69) is 16.0 Å². The number of fused-ring (bicyclic) bond motifs is 3. The number of sulfone groups is 3. The molecule has 3 N–H and O–H groups in total.